The largest absolute Gasteiger partial charge is 0.367 e. The second kappa shape index (κ2) is 2.17. The van der Waals surface area contributed by atoms with Gasteiger partial charge in [0.15, 0.2) is 18.9 Å². The zero-order chi connectivity index (χ0) is 7.14. The predicted molar refractivity (Wildman–Crippen MR) is 30.9 cm³/mol. The normalized spacial score (nSPS) is 53.4. The summed E-state index contributed by atoms with van der Waals surface area (Å²) in [5.74, 6) is 0.0243. The van der Waals surface area contributed by atoms with Crippen molar-refractivity contribution < 1.29 is 19.3 Å². The lowest BCUT2D eigenvalue weighted by atomic mass is 10.0. The average molecular weight is 146 g/mol. The first-order chi connectivity index (χ1) is 4.77. The molecule has 2 saturated heterocycles. The van der Waals surface area contributed by atoms with Crippen LogP contribution in [-0.4, -0.2) is 30.6 Å². The highest BCUT2D eigenvalue weighted by Crippen LogP contribution is 2.32. The lowest BCUT2D eigenvalue weighted by molar-refractivity contribution is -0.429. The van der Waals surface area contributed by atoms with Gasteiger partial charge < -0.3 is 19.3 Å². The lowest BCUT2D eigenvalue weighted by Crippen LogP contribution is -2.57. The van der Waals surface area contributed by atoms with Crippen LogP contribution in [0.3, 0.4) is 0 Å². The van der Waals surface area contributed by atoms with Crippen LogP contribution in [0.2, 0.25) is 0 Å². The molecule has 2 heterocycles. The van der Waals surface area contributed by atoms with E-state index in [1.54, 1.807) is 0 Å². The van der Waals surface area contributed by atoms with E-state index < -0.39 is 6.29 Å². The van der Waals surface area contributed by atoms with Gasteiger partial charge in [0.05, 0.1) is 12.5 Å². The standard InChI is InChI=1S/C6H10O4/c1-3-8-2-4-5(7)10-6(4)9-3/h3-7H,2H2,1H3/t3-,4+,5+,6-/m0/s1. The van der Waals surface area contributed by atoms with Gasteiger partial charge in [0.1, 0.15) is 0 Å². The number of aliphatic hydroxyl groups is 1. The van der Waals surface area contributed by atoms with Crippen LogP contribution in [-0.2, 0) is 14.2 Å². The zero-order valence-corrected chi connectivity index (χ0v) is 5.69. The van der Waals surface area contributed by atoms with E-state index in [1.807, 2.05) is 6.92 Å². The van der Waals surface area contributed by atoms with Crippen LogP contribution in [0.1, 0.15) is 6.92 Å². The smallest absolute Gasteiger partial charge is 0.173 e. The summed E-state index contributed by atoms with van der Waals surface area (Å²) in [6.07, 6.45) is -1.12. The Balaban J connectivity index is 1.93. The van der Waals surface area contributed by atoms with Crippen molar-refractivity contribution in [3.8, 4) is 0 Å². The Morgan fingerprint density at radius 2 is 2.20 bits per heavy atom. The molecule has 0 aliphatic carbocycles. The van der Waals surface area contributed by atoms with Crippen molar-refractivity contribution in [1.82, 2.24) is 0 Å². The summed E-state index contributed by atoms with van der Waals surface area (Å²) in [6, 6.07) is 0. The van der Waals surface area contributed by atoms with Crippen LogP contribution >= 0.6 is 0 Å². The van der Waals surface area contributed by atoms with Crippen molar-refractivity contribution in [2.24, 2.45) is 5.92 Å². The zero-order valence-electron chi connectivity index (χ0n) is 5.69. The molecule has 0 saturated carbocycles. The van der Waals surface area contributed by atoms with Gasteiger partial charge in [-0.05, 0) is 6.92 Å². The quantitative estimate of drug-likeness (QED) is 0.508. The maximum absolute atomic E-state index is 8.95. The Hall–Kier alpha value is -0.160. The Kier molecular flexibility index (Phi) is 1.42. The summed E-state index contributed by atoms with van der Waals surface area (Å²) in [5.41, 5.74) is 0. The van der Waals surface area contributed by atoms with E-state index in [0.717, 1.165) is 0 Å². The van der Waals surface area contributed by atoms with Gasteiger partial charge in [-0.15, -0.1) is 0 Å². The minimum absolute atomic E-state index is 0.0243. The Bertz CT molecular complexity index is 136. The Labute approximate surface area is 58.7 Å². The molecular weight excluding hydrogens is 136 g/mol. The summed E-state index contributed by atoms with van der Waals surface area (Å²) < 4.78 is 15.1. The molecule has 4 nitrogen and oxygen atoms in total. The molecule has 2 aliphatic rings. The molecule has 0 aromatic heterocycles. The second-order valence-corrected chi connectivity index (χ2v) is 2.60. The number of ether oxygens (including phenoxy) is 3. The molecule has 2 aliphatic heterocycles. The molecule has 1 N–H and O–H groups in total. The maximum Gasteiger partial charge on any atom is 0.173 e. The van der Waals surface area contributed by atoms with Crippen molar-refractivity contribution in [2.45, 2.75) is 25.8 Å². The highest BCUT2D eigenvalue weighted by molar-refractivity contribution is 4.78. The Morgan fingerprint density at radius 3 is 2.80 bits per heavy atom. The van der Waals surface area contributed by atoms with E-state index in [2.05, 4.69) is 0 Å². The average Bonchev–Trinajstić information content (AvgIpc) is 1.86. The van der Waals surface area contributed by atoms with Crippen LogP contribution in [0.25, 0.3) is 0 Å². The molecule has 0 bridgehead atoms. The molecule has 4 heteroatoms. The van der Waals surface area contributed by atoms with Gasteiger partial charge in [-0.25, -0.2) is 0 Å². The molecule has 2 rings (SSSR count). The van der Waals surface area contributed by atoms with Crippen LogP contribution in [0.4, 0.5) is 0 Å². The van der Waals surface area contributed by atoms with Crippen LogP contribution in [0.15, 0.2) is 0 Å². The molecule has 0 unspecified atom stereocenters. The van der Waals surface area contributed by atoms with Gasteiger partial charge in [0.25, 0.3) is 0 Å². The molecule has 10 heavy (non-hydrogen) atoms. The lowest BCUT2D eigenvalue weighted by Gasteiger charge is -2.45. The van der Waals surface area contributed by atoms with Crippen molar-refractivity contribution in [3.63, 3.8) is 0 Å². The molecule has 58 valence electrons. The number of fused-ring (bicyclic) bond motifs is 1. The number of hydrogen-bond donors (Lipinski definition) is 1. The minimum atomic E-state index is -0.683. The van der Waals surface area contributed by atoms with E-state index >= 15 is 0 Å². The fourth-order valence-electron chi connectivity index (χ4n) is 1.15. The molecule has 0 spiro atoms. The summed E-state index contributed by atoms with van der Waals surface area (Å²) in [5, 5.41) is 8.95. The second-order valence-electron chi connectivity index (χ2n) is 2.60. The van der Waals surface area contributed by atoms with E-state index in [0.29, 0.717) is 6.61 Å². The maximum atomic E-state index is 8.95. The fraction of sp³-hybridized carbons (Fsp3) is 1.00. The topological polar surface area (TPSA) is 47.9 Å². The van der Waals surface area contributed by atoms with Gasteiger partial charge in [-0.1, -0.05) is 0 Å². The first kappa shape index (κ1) is 6.54. The van der Waals surface area contributed by atoms with Crippen molar-refractivity contribution in [2.75, 3.05) is 6.61 Å². The monoisotopic (exact) mass is 146 g/mol. The number of aliphatic hydroxyl groups excluding tert-OH is 1. The number of rotatable bonds is 0. The third-order valence-corrected chi connectivity index (χ3v) is 1.84. The first-order valence-corrected chi connectivity index (χ1v) is 3.38. The highest BCUT2D eigenvalue weighted by Gasteiger charge is 2.46. The highest BCUT2D eigenvalue weighted by atomic mass is 16.8. The van der Waals surface area contributed by atoms with Gasteiger partial charge in [0, 0.05) is 0 Å². The van der Waals surface area contributed by atoms with Crippen molar-refractivity contribution in [3.05, 3.63) is 0 Å². The Morgan fingerprint density at radius 1 is 1.40 bits per heavy atom. The van der Waals surface area contributed by atoms with E-state index in [1.165, 1.54) is 0 Å². The first-order valence-electron chi connectivity index (χ1n) is 3.38. The van der Waals surface area contributed by atoms with Crippen LogP contribution in [0, 0.1) is 5.92 Å². The predicted octanol–water partition coefficient (Wildman–Crippen LogP) is -0.330. The molecule has 4 atom stereocenters. The van der Waals surface area contributed by atoms with Gasteiger partial charge in [0.2, 0.25) is 0 Å². The van der Waals surface area contributed by atoms with Crippen molar-refractivity contribution >= 4 is 0 Å². The SMILES string of the molecule is C[C@H]1OC[C@H]2[C@@H](O1)O[C@H]2O. The summed E-state index contributed by atoms with van der Waals surface area (Å²) >= 11 is 0. The van der Waals surface area contributed by atoms with Crippen molar-refractivity contribution in [1.29, 1.82) is 0 Å². The summed E-state index contributed by atoms with van der Waals surface area (Å²) in [4.78, 5) is 0. The van der Waals surface area contributed by atoms with E-state index in [4.69, 9.17) is 19.3 Å². The summed E-state index contributed by atoms with van der Waals surface area (Å²) in [6.45, 7) is 2.34. The van der Waals surface area contributed by atoms with Crippen LogP contribution < -0.4 is 0 Å². The van der Waals surface area contributed by atoms with Crippen LogP contribution in [0.5, 0.6) is 0 Å². The summed E-state index contributed by atoms with van der Waals surface area (Å²) in [7, 11) is 0. The van der Waals surface area contributed by atoms with Gasteiger partial charge >= 0.3 is 0 Å². The third kappa shape index (κ3) is 0.845. The molecule has 0 amide bonds. The van der Waals surface area contributed by atoms with E-state index in [-0.39, 0.29) is 18.5 Å². The number of hydrogen-bond acceptors (Lipinski definition) is 4. The molecule has 2 fully saturated rings. The molecule has 0 aromatic rings. The van der Waals surface area contributed by atoms with Gasteiger partial charge in [-0.2, -0.15) is 0 Å². The third-order valence-electron chi connectivity index (χ3n) is 1.84. The minimum Gasteiger partial charge on any atom is -0.367 e. The van der Waals surface area contributed by atoms with E-state index in [9.17, 15) is 0 Å². The fourth-order valence-corrected chi connectivity index (χ4v) is 1.15. The molecule has 0 aromatic carbocycles. The molecule has 0 radical (unpaired) electrons. The van der Waals surface area contributed by atoms with Gasteiger partial charge in [-0.3, -0.25) is 0 Å². The molecular formula is C6H10O4.